The van der Waals surface area contributed by atoms with E-state index in [0.29, 0.717) is 24.5 Å². The molecular weight excluding hydrogens is 452 g/mol. The highest BCUT2D eigenvalue weighted by atomic mass is 32.2. The number of amidine groups is 1. The molecular formula is C25H30N4O4S. The van der Waals surface area contributed by atoms with E-state index in [1.807, 2.05) is 24.3 Å². The second-order valence-corrected chi connectivity index (χ2v) is 10.4. The number of sulfonamides is 1. The average Bonchev–Trinajstić information content (AvgIpc) is 3.04. The summed E-state index contributed by atoms with van der Waals surface area (Å²) in [5.74, 6) is -0.452. The highest BCUT2D eigenvalue weighted by Crippen LogP contribution is 2.27. The number of aryl methyl sites for hydroxylation is 1. The number of aliphatic imine (C=N–C) groups is 1. The van der Waals surface area contributed by atoms with E-state index in [9.17, 15) is 18.0 Å². The molecule has 0 bridgehead atoms. The van der Waals surface area contributed by atoms with Crippen LogP contribution < -0.4 is 14.9 Å². The third-order valence-corrected chi connectivity index (χ3v) is 7.57. The molecule has 180 valence electrons. The first kappa shape index (κ1) is 23.9. The summed E-state index contributed by atoms with van der Waals surface area (Å²) in [4.78, 5) is 31.4. The summed E-state index contributed by atoms with van der Waals surface area (Å²) in [7, 11) is -3.81. The molecule has 8 nitrogen and oxygen atoms in total. The van der Waals surface area contributed by atoms with Gasteiger partial charge >= 0.3 is 0 Å². The third-order valence-electron chi connectivity index (χ3n) is 6.19. The molecule has 1 fully saturated rings. The van der Waals surface area contributed by atoms with E-state index in [2.05, 4.69) is 22.0 Å². The normalized spacial score (nSPS) is 18.9. The zero-order valence-electron chi connectivity index (χ0n) is 19.3. The monoisotopic (exact) mass is 482 g/mol. The Labute approximate surface area is 200 Å². The molecule has 2 N–H and O–H groups in total. The molecule has 0 aromatic heterocycles. The van der Waals surface area contributed by atoms with Crippen molar-refractivity contribution in [2.45, 2.75) is 50.3 Å². The Kier molecular flexibility index (Phi) is 7.31. The van der Waals surface area contributed by atoms with Gasteiger partial charge in [-0.1, -0.05) is 31.5 Å². The van der Waals surface area contributed by atoms with Crippen molar-refractivity contribution in [3.63, 3.8) is 0 Å². The van der Waals surface area contributed by atoms with E-state index in [1.54, 1.807) is 17.0 Å². The minimum atomic E-state index is -3.81. The number of carbonyl (C=O) groups is 2. The minimum Gasteiger partial charge on any atom is -0.326 e. The Morgan fingerprint density at radius 2 is 1.91 bits per heavy atom. The van der Waals surface area contributed by atoms with E-state index < -0.39 is 15.9 Å². The van der Waals surface area contributed by atoms with Crippen molar-refractivity contribution in [1.29, 1.82) is 0 Å². The van der Waals surface area contributed by atoms with Crippen molar-refractivity contribution in [1.82, 2.24) is 4.72 Å². The van der Waals surface area contributed by atoms with Gasteiger partial charge in [0.1, 0.15) is 5.84 Å². The van der Waals surface area contributed by atoms with Gasteiger partial charge in [0, 0.05) is 37.3 Å². The van der Waals surface area contributed by atoms with Gasteiger partial charge in [0.2, 0.25) is 11.8 Å². The fourth-order valence-electron chi connectivity index (χ4n) is 4.20. The van der Waals surface area contributed by atoms with Crippen LogP contribution in [-0.4, -0.2) is 39.2 Å². The van der Waals surface area contributed by atoms with Crippen LogP contribution >= 0.6 is 0 Å². The summed E-state index contributed by atoms with van der Waals surface area (Å²) >= 11 is 0. The molecule has 4 rings (SSSR count). The molecule has 9 heteroatoms. The zero-order valence-corrected chi connectivity index (χ0v) is 20.1. The molecule has 1 saturated heterocycles. The SMILES string of the molecule is CCc1ccc(N2C[C@H](C(=O)Nc3cccc(S(=O)(=O)NC4=NCCCCC4)c3)CC2=O)cc1. The second kappa shape index (κ2) is 10.4. The molecule has 2 heterocycles. The first-order valence-corrected chi connectivity index (χ1v) is 13.2. The lowest BCUT2D eigenvalue weighted by molar-refractivity contribution is -0.122. The molecule has 2 aliphatic heterocycles. The van der Waals surface area contributed by atoms with E-state index in [0.717, 1.165) is 31.4 Å². The van der Waals surface area contributed by atoms with Crippen molar-refractivity contribution < 1.29 is 18.0 Å². The van der Waals surface area contributed by atoms with Crippen LogP contribution in [0.25, 0.3) is 0 Å². The number of carbonyl (C=O) groups excluding carboxylic acids is 2. The summed E-state index contributed by atoms with van der Waals surface area (Å²) in [5, 5.41) is 2.78. The third kappa shape index (κ3) is 5.64. The minimum absolute atomic E-state index is 0.0531. The lowest BCUT2D eigenvalue weighted by Crippen LogP contribution is -2.31. The molecule has 1 atom stereocenters. The van der Waals surface area contributed by atoms with Crippen molar-refractivity contribution in [3.8, 4) is 0 Å². The van der Waals surface area contributed by atoms with Crippen molar-refractivity contribution in [3.05, 3.63) is 54.1 Å². The van der Waals surface area contributed by atoms with Gasteiger partial charge in [0.05, 0.1) is 10.8 Å². The first-order valence-electron chi connectivity index (χ1n) is 11.7. The first-order chi connectivity index (χ1) is 16.4. The van der Waals surface area contributed by atoms with Crippen LogP contribution in [0.1, 0.15) is 44.6 Å². The Morgan fingerprint density at radius 1 is 1.12 bits per heavy atom. The number of anilines is 2. The molecule has 0 saturated carbocycles. The van der Waals surface area contributed by atoms with Crippen molar-refractivity contribution in [2.24, 2.45) is 10.9 Å². The fourth-order valence-corrected chi connectivity index (χ4v) is 5.34. The van der Waals surface area contributed by atoms with E-state index in [4.69, 9.17) is 0 Å². The smallest absolute Gasteiger partial charge is 0.262 e. The maximum Gasteiger partial charge on any atom is 0.262 e. The molecule has 2 aliphatic rings. The number of hydrogen-bond donors (Lipinski definition) is 2. The summed E-state index contributed by atoms with van der Waals surface area (Å²) in [6.45, 7) is 2.97. The van der Waals surface area contributed by atoms with Crippen LogP contribution in [0.2, 0.25) is 0 Å². The lowest BCUT2D eigenvalue weighted by atomic mass is 10.1. The van der Waals surface area contributed by atoms with Crippen molar-refractivity contribution in [2.75, 3.05) is 23.3 Å². The van der Waals surface area contributed by atoms with Gasteiger partial charge in [0.25, 0.3) is 10.0 Å². The van der Waals surface area contributed by atoms with Gasteiger partial charge in [-0.3, -0.25) is 19.3 Å². The predicted molar refractivity (Wildman–Crippen MR) is 132 cm³/mol. The Bertz CT molecular complexity index is 1190. The van der Waals surface area contributed by atoms with E-state index >= 15 is 0 Å². The van der Waals surface area contributed by atoms with E-state index in [-0.39, 0.29) is 29.7 Å². The van der Waals surface area contributed by atoms with Gasteiger partial charge in [0.15, 0.2) is 0 Å². The molecule has 2 amide bonds. The highest BCUT2D eigenvalue weighted by Gasteiger charge is 2.35. The lowest BCUT2D eigenvalue weighted by Gasteiger charge is -2.17. The largest absolute Gasteiger partial charge is 0.326 e. The van der Waals surface area contributed by atoms with Gasteiger partial charge in [-0.15, -0.1) is 0 Å². The Balaban J connectivity index is 1.42. The van der Waals surface area contributed by atoms with Crippen LogP contribution in [-0.2, 0) is 26.0 Å². The number of nitrogens with zero attached hydrogens (tertiary/aromatic N) is 2. The zero-order chi connectivity index (χ0) is 24.1. The van der Waals surface area contributed by atoms with Crippen LogP contribution in [0.3, 0.4) is 0 Å². The summed E-state index contributed by atoms with van der Waals surface area (Å²) < 4.78 is 28.3. The van der Waals surface area contributed by atoms with Crippen LogP contribution in [0.15, 0.2) is 58.4 Å². The van der Waals surface area contributed by atoms with Crippen molar-refractivity contribution >= 4 is 39.0 Å². The molecule has 0 unspecified atom stereocenters. The molecule has 0 spiro atoms. The van der Waals surface area contributed by atoms with Crippen LogP contribution in [0.5, 0.6) is 0 Å². The molecule has 0 radical (unpaired) electrons. The molecule has 2 aromatic carbocycles. The van der Waals surface area contributed by atoms with Gasteiger partial charge in [-0.25, -0.2) is 8.42 Å². The molecule has 34 heavy (non-hydrogen) atoms. The summed E-state index contributed by atoms with van der Waals surface area (Å²) in [6.07, 6.45) is 4.51. The maximum atomic E-state index is 12.9. The Morgan fingerprint density at radius 3 is 2.68 bits per heavy atom. The predicted octanol–water partition coefficient (Wildman–Crippen LogP) is 3.49. The number of nitrogens with one attached hydrogen (secondary N) is 2. The van der Waals surface area contributed by atoms with Gasteiger partial charge in [-0.05, 0) is 55.2 Å². The summed E-state index contributed by atoms with van der Waals surface area (Å²) in [5.41, 5.74) is 2.33. The summed E-state index contributed by atoms with van der Waals surface area (Å²) in [6, 6.07) is 13.9. The number of rotatable bonds is 6. The fraction of sp³-hybridized carbons (Fsp3) is 0.400. The maximum absolute atomic E-state index is 12.9. The molecule has 2 aromatic rings. The quantitative estimate of drug-likeness (QED) is 0.657. The van der Waals surface area contributed by atoms with Gasteiger partial charge in [-0.2, -0.15) is 0 Å². The highest BCUT2D eigenvalue weighted by molar-refractivity contribution is 7.90. The van der Waals surface area contributed by atoms with Crippen LogP contribution in [0, 0.1) is 5.92 Å². The number of benzene rings is 2. The number of amides is 2. The Hall–Kier alpha value is -3.20. The second-order valence-electron chi connectivity index (χ2n) is 8.69. The number of hydrogen-bond acceptors (Lipinski definition) is 5. The van der Waals surface area contributed by atoms with Gasteiger partial charge < -0.3 is 10.2 Å². The topological polar surface area (TPSA) is 108 Å². The average molecular weight is 483 g/mol. The van der Waals surface area contributed by atoms with E-state index in [1.165, 1.54) is 17.7 Å². The van der Waals surface area contributed by atoms with Crippen LogP contribution in [0.4, 0.5) is 11.4 Å². The molecule has 0 aliphatic carbocycles. The standard InChI is InChI=1S/C25H30N4O4S/c1-2-18-10-12-21(13-11-18)29-17-19(15-24(29)30)25(31)27-20-7-6-8-22(16-20)34(32,33)28-23-9-4-3-5-14-26-23/h6-8,10-13,16,19H,2-5,9,14-15,17H2,1H3,(H,26,28)(H,27,31)/t19-/m1/s1.